The van der Waals surface area contributed by atoms with Crippen LogP contribution in [0.5, 0.6) is 5.75 Å². The van der Waals surface area contributed by atoms with Crippen LogP contribution in [0.1, 0.15) is 36.8 Å². The van der Waals surface area contributed by atoms with Gasteiger partial charge in [-0.1, -0.05) is 19.9 Å². The number of aryl methyl sites for hydroxylation is 2. The Morgan fingerprint density at radius 3 is 2.37 bits per heavy atom. The lowest BCUT2D eigenvalue weighted by Crippen LogP contribution is -1.97. The van der Waals surface area contributed by atoms with E-state index >= 15 is 0 Å². The number of rotatable bonds is 3. The van der Waals surface area contributed by atoms with E-state index in [0.717, 1.165) is 28.5 Å². The molecule has 2 aromatic rings. The smallest absolute Gasteiger partial charge is 0.128 e. The van der Waals surface area contributed by atoms with Gasteiger partial charge in [0.2, 0.25) is 0 Å². The van der Waals surface area contributed by atoms with Crippen LogP contribution in [-0.2, 0) is 0 Å². The van der Waals surface area contributed by atoms with Crippen molar-refractivity contribution in [1.29, 1.82) is 0 Å². The molecule has 3 nitrogen and oxygen atoms in total. The Morgan fingerprint density at radius 1 is 1.05 bits per heavy atom. The van der Waals surface area contributed by atoms with Crippen LogP contribution < -0.4 is 4.74 Å². The topological polar surface area (TPSA) is 35.0 Å². The summed E-state index contributed by atoms with van der Waals surface area (Å²) >= 11 is 0. The van der Waals surface area contributed by atoms with E-state index in [1.54, 1.807) is 7.11 Å². The molecule has 0 radical (unpaired) electrons. The molecule has 0 unspecified atom stereocenters. The van der Waals surface area contributed by atoms with Crippen LogP contribution in [0.15, 0.2) is 24.3 Å². The second-order valence-electron chi connectivity index (χ2n) is 5.06. The van der Waals surface area contributed by atoms with Crippen molar-refractivity contribution in [1.82, 2.24) is 9.97 Å². The minimum atomic E-state index is 0.480. The van der Waals surface area contributed by atoms with Gasteiger partial charge in [-0.15, -0.1) is 0 Å². The van der Waals surface area contributed by atoms with E-state index in [1.807, 2.05) is 26.0 Å². The fraction of sp³-hybridized carbons (Fsp3) is 0.375. The molecule has 0 saturated carbocycles. The van der Waals surface area contributed by atoms with Gasteiger partial charge in [0.05, 0.1) is 12.8 Å². The summed E-state index contributed by atoms with van der Waals surface area (Å²) in [5.74, 6) is 2.11. The van der Waals surface area contributed by atoms with Crippen LogP contribution in [-0.4, -0.2) is 17.1 Å². The van der Waals surface area contributed by atoms with Crippen molar-refractivity contribution in [2.45, 2.75) is 33.6 Å². The highest BCUT2D eigenvalue weighted by atomic mass is 16.5. The number of hydrogen-bond donors (Lipinski definition) is 0. The van der Waals surface area contributed by atoms with Gasteiger partial charge >= 0.3 is 0 Å². The fourth-order valence-corrected chi connectivity index (χ4v) is 2.14. The van der Waals surface area contributed by atoms with Crippen molar-refractivity contribution < 1.29 is 4.74 Å². The third-order valence-corrected chi connectivity index (χ3v) is 3.13. The quantitative estimate of drug-likeness (QED) is 0.835. The second kappa shape index (κ2) is 5.39. The predicted octanol–water partition coefficient (Wildman–Crippen LogP) is 3.89. The molecular weight excluding hydrogens is 236 g/mol. The maximum Gasteiger partial charge on any atom is 0.128 e. The normalized spacial score (nSPS) is 10.8. The number of methoxy groups -OCH3 is 1. The first-order valence-corrected chi connectivity index (χ1v) is 6.52. The summed E-state index contributed by atoms with van der Waals surface area (Å²) < 4.78 is 5.45. The fourth-order valence-electron chi connectivity index (χ4n) is 2.14. The Bertz CT molecular complexity index is 571. The number of nitrogens with zero attached hydrogens (tertiary/aromatic N) is 2. The van der Waals surface area contributed by atoms with Gasteiger partial charge in [0.25, 0.3) is 0 Å². The first-order chi connectivity index (χ1) is 9.01. The molecule has 0 atom stereocenters. The van der Waals surface area contributed by atoms with Crippen LogP contribution in [0.2, 0.25) is 0 Å². The Balaban J connectivity index is 2.61. The van der Waals surface area contributed by atoms with Gasteiger partial charge in [-0.05, 0) is 43.5 Å². The second-order valence-corrected chi connectivity index (χ2v) is 5.06. The SMILES string of the molecule is COc1ccc(C(C)C)cc1-c1cc(C)nc(C)n1. The zero-order chi connectivity index (χ0) is 14.0. The van der Waals surface area contributed by atoms with Gasteiger partial charge in [0.15, 0.2) is 0 Å². The average Bonchev–Trinajstić information content (AvgIpc) is 2.36. The van der Waals surface area contributed by atoms with Gasteiger partial charge < -0.3 is 4.74 Å². The summed E-state index contributed by atoms with van der Waals surface area (Å²) in [5, 5.41) is 0. The van der Waals surface area contributed by atoms with Gasteiger partial charge in [0.1, 0.15) is 11.6 Å². The zero-order valence-corrected chi connectivity index (χ0v) is 12.2. The lowest BCUT2D eigenvalue weighted by molar-refractivity contribution is 0.416. The number of aromatic nitrogens is 2. The molecule has 1 aromatic carbocycles. The molecule has 0 N–H and O–H groups in total. The molecule has 2 rings (SSSR count). The van der Waals surface area contributed by atoms with Crippen molar-refractivity contribution in [3.63, 3.8) is 0 Å². The van der Waals surface area contributed by atoms with Gasteiger partial charge in [-0.3, -0.25) is 0 Å². The standard InChI is InChI=1S/C16H20N2O/c1-10(2)13-6-7-16(19-5)14(9-13)15-8-11(3)17-12(4)18-15/h6-10H,1-5H3. The molecule has 0 spiro atoms. The molecule has 0 amide bonds. The van der Waals surface area contributed by atoms with Gasteiger partial charge in [-0.2, -0.15) is 0 Å². The van der Waals surface area contributed by atoms with Crippen molar-refractivity contribution in [2.24, 2.45) is 0 Å². The minimum Gasteiger partial charge on any atom is -0.496 e. The highest BCUT2D eigenvalue weighted by molar-refractivity contribution is 5.68. The van der Waals surface area contributed by atoms with E-state index in [-0.39, 0.29) is 0 Å². The van der Waals surface area contributed by atoms with Crippen molar-refractivity contribution in [3.05, 3.63) is 41.3 Å². The van der Waals surface area contributed by atoms with E-state index in [2.05, 4.69) is 35.9 Å². The maximum atomic E-state index is 5.45. The van der Waals surface area contributed by atoms with E-state index in [0.29, 0.717) is 5.92 Å². The molecule has 0 bridgehead atoms. The van der Waals surface area contributed by atoms with Crippen LogP contribution in [0.3, 0.4) is 0 Å². The number of benzene rings is 1. The molecule has 0 aliphatic rings. The monoisotopic (exact) mass is 256 g/mol. The summed E-state index contributed by atoms with van der Waals surface area (Å²) in [6.45, 7) is 8.26. The Hall–Kier alpha value is -1.90. The van der Waals surface area contributed by atoms with Crippen molar-refractivity contribution in [2.75, 3.05) is 7.11 Å². The Morgan fingerprint density at radius 2 is 1.79 bits per heavy atom. The highest BCUT2D eigenvalue weighted by Crippen LogP contribution is 2.32. The van der Waals surface area contributed by atoms with Gasteiger partial charge in [-0.25, -0.2) is 9.97 Å². The molecule has 1 heterocycles. The maximum absolute atomic E-state index is 5.45. The average molecular weight is 256 g/mol. The Kier molecular flexibility index (Phi) is 3.84. The summed E-state index contributed by atoms with van der Waals surface area (Å²) in [6, 6.07) is 8.27. The van der Waals surface area contributed by atoms with E-state index < -0.39 is 0 Å². The molecular formula is C16H20N2O. The lowest BCUT2D eigenvalue weighted by atomic mass is 9.98. The highest BCUT2D eigenvalue weighted by Gasteiger charge is 2.11. The summed E-state index contributed by atoms with van der Waals surface area (Å²) in [6.07, 6.45) is 0. The Labute approximate surface area is 114 Å². The minimum absolute atomic E-state index is 0.480. The molecule has 100 valence electrons. The first-order valence-electron chi connectivity index (χ1n) is 6.52. The van der Waals surface area contributed by atoms with E-state index in [4.69, 9.17) is 4.74 Å². The van der Waals surface area contributed by atoms with Crippen LogP contribution in [0.25, 0.3) is 11.3 Å². The molecule has 19 heavy (non-hydrogen) atoms. The molecule has 0 fully saturated rings. The van der Waals surface area contributed by atoms with E-state index in [9.17, 15) is 0 Å². The number of ether oxygens (including phenoxy) is 1. The predicted molar refractivity (Wildman–Crippen MR) is 77.6 cm³/mol. The summed E-state index contributed by atoms with van der Waals surface area (Å²) in [4.78, 5) is 8.84. The van der Waals surface area contributed by atoms with Gasteiger partial charge in [0, 0.05) is 11.3 Å². The third kappa shape index (κ3) is 2.92. The molecule has 0 saturated heterocycles. The third-order valence-electron chi connectivity index (χ3n) is 3.13. The van der Waals surface area contributed by atoms with Crippen LogP contribution in [0.4, 0.5) is 0 Å². The number of hydrogen-bond acceptors (Lipinski definition) is 3. The summed E-state index contributed by atoms with van der Waals surface area (Å²) in [7, 11) is 1.69. The van der Waals surface area contributed by atoms with Crippen molar-refractivity contribution in [3.8, 4) is 17.0 Å². The molecule has 1 aromatic heterocycles. The molecule has 0 aliphatic heterocycles. The van der Waals surface area contributed by atoms with Crippen molar-refractivity contribution >= 4 is 0 Å². The largest absolute Gasteiger partial charge is 0.496 e. The van der Waals surface area contributed by atoms with Crippen LogP contribution in [0, 0.1) is 13.8 Å². The van der Waals surface area contributed by atoms with E-state index in [1.165, 1.54) is 5.56 Å². The lowest BCUT2D eigenvalue weighted by Gasteiger charge is -2.13. The first kappa shape index (κ1) is 13.5. The zero-order valence-electron chi connectivity index (χ0n) is 12.2. The molecule has 0 aliphatic carbocycles. The van der Waals surface area contributed by atoms with Crippen LogP contribution >= 0.6 is 0 Å². The molecule has 3 heteroatoms. The summed E-state index contributed by atoms with van der Waals surface area (Å²) in [5.41, 5.74) is 4.20.